The van der Waals surface area contributed by atoms with Crippen LogP contribution in [0.5, 0.6) is 0 Å². The second kappa shape index (κ2) is 3.06. The maximum Gasteiger partial charge on any atom is 0.0698 e. The summed E-state index contributed by atoms with van der Waals surface area (Å²) in [5.74, 6) is 0. The molecule has 0 unspecified atom stereocenters. The van der Waals surface area contributed by atoms with E-state index in [1.54, 1.807) is 11.3 Å². The molecule has 1 aromatic rings. The summed E-state index contributed by atoms with van der Waals surface area (Å²) in [6.07, 6.45) is 0.561. The third-order valence-electron chi connectivity index (χ3n) is 2.02. The second-order valence-corrected chi connectivity index (χ2v) is 3.98. The number of nitrogens with zero attached hydrogens (tertiary/aromatic N) is 1. The largest absolute Gasteiger partial charge is 0.198 e. The highest BCUT2D eigenvalue weighted by Crippen LogP contribution is 2.26. The van der Waals surface area contributed by atoms with Crippen molar-refractivity contribution in [1.82, 2.24) is 0 Å². The van der Waals surface area contributed by atoms with E-state index in [4.69, 9.17) is 5.26 Å². The molecular formula is C9H11NS. The number of rotatable bonds is 1. The van der Waals surface area contributed by atoms with E-state index in [0.717, 1.165) is 0 Å². The molecule has 0 saturated carbocycles. The Hall–Kier alpha value is -0.810. The third kappa shape index (κ3) is 1.44. The fourth-order valence-corrected chi connectivity index (χ4v) is 2.17. The summed E-state index contributed by atoms with van der Waals surface area (Å²) in [6, 6.07) is 2.18. The molecule has 0 aliphatic heterocycles. The van der Waals surface area contributed by atoms with E-state index in [1.165, 1.54) is 20.9 Å². The van der Waals surface area contributed by atoms with Crippen molar-refractivity contribution in [2.75, 3.05) is 0 Å². The van der Waals surface area contributed by atoms with E-state index in [0.29, 0.717) is 6.42 Å². The highest BCUT2D eigenvalue weighted by molar-refractivity contribution is 7.12. The van der Waals surface area contributed by atoms with Gasteiger partial charge in [0.15, 0.2) is 0 Å². The van der Waals surface area contributed by atoms with Crippen LogP contribution in [0.4, 0.5) is 0 Å². The van der Waals surface area contributed by atoms with Crippen molar-refractivity contribution in [2.45, 2.75) is 27.2 Å². The summed E-state index contributed by atoms with van der Waals surface area (Å²) in [4.78, 5) is 2.57. The molecule has 1 rings (SSSR count). The Bertz CT molecular complexity index is 304. The van der Waals surface area contributed by atoms with Gasteiger partial charge < -0.3 is 0 Å². The van der Waals surface area contributed by atoms with Crippen LogP contribution < -0.4 is 0 Å². The molecule has 1 heterocycles. The van der Waals surface area contributed by atoms with Gasteiger partial charge in [0.2, 0.25) is 0 Å². The van der Waals surface area contributed by atoms with E-state index in [-0.39, 0.29) is 0 Å². The average molecular weight is 165 g/mol. The van der Waals surface area contributed by atoms with E-state index >= 15 is 0 Å². The number of hydrogen-bond donors (Lipinski definition) is 0. The number of aryl methyl sites for hydroxylation is 1. The Morgan fingerprint density at radius 2 is 1.91 bits per heavy atom. The van der Waals surface area contributed by atoms with E-state index in [9.17, 15) is 0 Å². The fraction of sp³-hybridized carbons (Fsp3) is 0.444. The third-order valence-corrected chi connectivity index (χ3v) is 3.33. The Morgan fingerprint density at radius 3 is 2.27 bits per heavy atom. The maximum atomic E-state index is 8.50. The van der Waals surface area contributed by atoms with Crippen molar-refractivity contribution in [3.63, 3.8) is 0 Å². The van der Waals surface area contributed by atoms with Crippen molar-refractivity contribution in [1.29, 1.82) is 5.26 Å². The molecule has 0 aliphatic carbocycles. The van der Waals surface area contributed by atoms with Gasteiger partial charge in [-0.2, -0.15) is 5.26 Å². The summed E-state index contributed by atoms with van der Waals surface area (Å²) in [5.41, 5.74) is 2.65. The first-order valence-electron chi connectivity index (χ1n) is 3.59. The van der Waals surface area contributed by atoms with Crippen molar-refractivity contribution in [2.24, 2.45) is 0 Å². The van der Waals surface area contributed by atoms with Gasteiger partial charge >= 0.3 is 0 Å². The molecule has 1 nitrogen and oxygen atoms in total. The SMILES string of the molecule is Cc1sc(CC#N)c(C)c1C. The summed E-state index contributed by atoms with van der Waals surface area (Å²) in [5, 5.41) is 8.50. The van der Waals surface area contributed by atoms with Gasteiger partial charge in [0.1, 0.15) is 0 Å². The van der Waals surface area contributed by atoms with Crippen molar-refractivity contribution in [3.05, 3.63) is 20.9 Å². The molecule has 0 aliphatic rings. The number of nitriles is 1. The lowest BCUT2D eigenvalue weighted by atomic mass is 10.1. The molecule has 0 N–H and O–H groups in total. The van der Waals surface area contributed by atoms with Crippen LogP contribution in [0.3, 0.4) is 0 Å². The van der Waals surface area contributed by atoms with Crippen LogP contribution >= 0.6 is 11.3 Å². The first kappa shape index (κ1) is 8.29. The molecule has 0 amide bonds. The van der Waals surface area contributed by atoms with E-state index in [1.807, 2.05) is 0 Å². The van der Waals surface area contributed by atoms with Gasteiger partial charge in [-0.05, 0) is 31.9 Å². The highest BCUT2D eigenvalue weighted by Gasteiger charge is 2.06. The van der Waals surface area contributed by atoms with Gasteiger partial charge in [0, 0.05) is 9.75 Å². The zero-order valence-corrected chi connectivity index (χ0v) is 7.88. The molecule has 0 aromatic carbocycles. The Labute approximate surface area is 71.3 Å². The molecule has 0 radical (unpaired) electrons. The smallest absolute Gasteiger partial charge is 0.0698 e. The van der Waals surface area contributed by atoms with Crippen molar-refractivity contribution >= 4 is 11.3 Å². The molecule has 2 heteroatoms. The molecule has 0 fully saturated rings. The minimum Gasteiger partial charge on any atom is -0.198 e. The van der Waals surface area contributed by atoms with Crippen LogP contribution in [-0.4, -0.2) is 0 Å². The fourth-order valence-electron chi connectivity index (χ4n) is 1.05. The van der Waals surface area contributed by atoms with Crippen LogP contribution in [0.1, 0.15) is 20.9 Å². The summed E-state index contributed by atoms with van der Waals surface area (Å²) in [7, 11) is 0. The molecular weight excluding hydrogens is 154 g/mol. The van der Waals surface area contributed by atoms with Crippen molar-refractivity contribution in [3.8, 4) is 6.07 Å². The highest BCUT2D eigenvalue weighted by atomic mass is 32.1. The van der Waals surface area contributed by atoms with Gasteiger partial charge in [-0.1, -0.05) is 0 Å². The van der Waals surface area contributed by atoms with Crippen LogP contribution in [0.25, 0.3) is 0 Å². The minimum absolute atomic E-state index is 0.561. The summed E-state index contributed by atoms with van der Waals surface area (Å²) in [6.45, 7) is 6.31. The summed E-state index contributed by atoms with van der Waals surface area (Å²) >= 11 is 1.74. The first-order chi connectivity index (χ1) is 5.16. The van der Waals surface area contributed by atoms with Gasteiger partial charge in [0.25, 0.3) is 0 Å². The molecule has 11 heavy (non-hydrogen) atoms. The molecule has 0 bridgehead atoms. The monoisotopic (exact) mass is 165 g/mol. The lowest BCUT2D eigenvalue weighted by molar-refractivity contribution is 1.24. The molecule has 58 valence electrons. The standard InChI is InChI=1S/C9H11NS/c1-6-7(2)9(4-5-10)11-8(6)3/h4H2,1-3H3. The average Bonchev–Trinajstić information content (AvgIpc) is 2.19. The predicted octanol–water partition coefficient (Wildman–Crippen LogP) is 2.74. The Morgan fingerprint density at radius 1 is 1.27 bits per heavy atom. The Kier molecular flexibility index (Phi) is 2.31. The maximum absolute atomic E-state index is 8.50. The first-order valence-corrected chi connectivity index (χ1v) is 4.41. The minimum atomic E-state index is 0.561. The van der Waals surface area contributed by atoms with Gasteiger partial charge in [0.05, 0.1) is 12.5 Å². The second-order valence-electron chi connectivity index (χ2n) is 2.67. The van der Waals surface area contributed by atoms with Gasteiger partial charge in [-0.3, -0.25) is 0 Å². The van der Waals surface area contributed by atoms with Crippen LogP contribution in [0, 0.1) is 32.1 Å². The molecule has 1 aromatic heterocycles. The quantitative estimate of drug-likeness (QED) is 0.627. The lowest BCUT2D eigenvalue weighted by Gasteiger charge is -1.91. The van der Waals surface area contributed by atoms with Crippen molar-refractivity contribution < 1.29 is 0 Å². The lowest BCUT2D eigenvalue weighted by Crippen LogP contribution is -1.80. The molecule has 0 spiro atoms. The van der Waals surface area contributed by atoms with Gasteiger partial charge in [-0.15, -0.1) is 11.3 Å². The topological polar surface area (TPSA) is 23.8 Å². The molecule has 0 saturated heterocycles. The van der Waals surface area contributed by atoms with Crippen LogP contribution in [-0.2, 0) is 6.42 Å². The zero-order chi connectivity index (χ0) is 8.43. The normalized spacial score (nSPS) is 9.64. The Balaban J connectivity index is 3.10. The summed E-state index contributed by atoms with van der Waals surface area (Å²) < 4.78 is 0. The number of thiophene rings is 1. The van der Waals surface area contributed by atoms with Gasteiger partial charge in [-0.25, -0.2) is 0 Å². The van der Waals surface area contributed by atoms with E-state index < -0.39 is 0 Å². The number of hydrogen-bond acceptors (Lipinski definition) is 2. The predicted molar refractivity (Wildman–Crippen MR) is 47.8 cm³/mol. The van der Waals surface area contributed by atoms with Crippen LogP contribution in [0.15, 0.2) is 0 Å². The van der Waals surface area contributed by atoms with Crippen LogP contribution in [0.2, 0.25) is 0 Å². The molecule has 0 atom stereocenters. The zero-order valence-electron chi connectivity index (χ0n) is 7.06. The van der Waals surface area contributed by atoms with E-state index in [2.05, 4.69) is 26.8 Å².